The van der Waals surface area contributed by atoms with Gasteiger partial charge in [0.15, 0.2) is 0 Å². The van der Waals surface area contributed by atoms with Gasteiger partial charge in [0.1, 0.15) is 10.7 Å². The summed E-state index contributed by atoms with van der Waals surface area (Å²) in [6.07, 6.45) is 7.41. The van der Waals surface area contributed by atoms with Gasteiger partial charge >= 0.3 is 0 Å². The number of piperidine rings is 1. The third-order valence-electron chi connectivity index (χ3n) is 4.71. The summed E-state index contributed by atoms with van der Waals surface area (Å²) >= 11 is 0. The van der Waals surface area contributed by atoms with E-state index in [1.54, 1.807) is 6.07 Å². The molecule has 1 unspecified atom stereocenters. The van der Waals surface area contributed by atoms with Crippen LogP contribution in [0.2, 0.25) is 0 Å². The van der Waals surface area contributed by atoms with Crippen molar-refractivity contribution in [3.8, 4) is 0 Å². The molecule has 0 spiro atoms. The van der Waals surface area contributed by atoms with Crippen LogP contribution in [0.5, 0.6) is 0 Å². The Hall–Kier alpha value is -1.14. The quantitative estimate of drug-likeness (QED) is 0.873. The van der Waals surface area contributed by atoms with E-state index in [4.69, 9.17) is 0 Å². The van der Waals surface area contributed by atoms with Gasteiger partial charge in [-0.3, -0.25) is 0 Å². The van der Waals surface area contributed by atoms with Gasteiger partial charge in [-0.15, -0.1) is 0 Å². The van der Waals surface area contributed by atoms with Crippen molar-refractivity contribution in [1.82, 2.24) is 9.71 Å². The Morgan fingerprint density at radius 1 is 1.27 bits per heavy atom. The average Bonchev–Trinajstić information content (AvgIpc) is 3.38. The van der Waals surface area contributed by atoms with Crippen LogP contribution >= 0.6 is 0 Å². The Morgan fingerprint density at radius 2 is 2.09 bits per heavy atom. The molecule has 0 radical (unpaired) electrons. The molecule has 3 rings (SSSR count). The van der Waals surface area contributed by atoms with Crippen LogP contribution in [0.3, 0.4) is 0 Å². The second-order valence-corrected chi connectivity index (χ2v) is 8.28. The molecule has 2 heterocycles. The zero-order chi connectivity index (χ0) is 15.6. The van der Waals surface area contributed by atoms with Gasteiger partial charge < -0.3 is 4.90 Å². The highest BCUT2D eigenvalue weighted by atomic mass is 32.2. The van der Waals surface area contributed by atoms with E-state index in [9.17, 15) is 8.42 Å². The fraction of sp³-hybridized carbons (Fsp3) is 0.688. The Morgan fingerprint density at radius 3 is 2.73 bits per heavy atom. The van der Waals surface area contributed by atoms with Gasteiger partial charge in [0, 0.05) is 25.8 Å². The SMILES string of the molecule is CCC1CCCN(c2ccc(S(=O)(=O)NCC3CC3)cn2)C1. The molecule has 1 aliphatic carbocycles. The summed E-state index contributed by atoms with van der Waals surface area (Å²) in [6.45, 7) is 4.81. The first kappa shape index (κ1) is 15.7. The van der Waals surface area contributed by atoms with Gasteiger partial charge in [0.25, 0.3) is 0 Å². The van der Waals surface area contributed by atoms with Crippen LogP contribution in [0.15, 0.2) is 23.2 Å². The first-order chi connectivity index (χ1) is 10.6. The molecule has 5 nitrogen and oxygen atoms in total. The highest BCUT2D eigenvalue weighted by Gasteiger charge is 2.25. The Bertz CT molecular complexity index is 596. The monoisotopic (exact) mass is 323 g/mol. The minimum absolute atomic E-state index is 0.265. The molecular weight excluding hydrogens is 298 g/mol. The summed E-state index contributed by atoms with van der Waals surface area (Å²) in [4.78, 5) is 6.92. The lowest BCUT2D eigenvalue weighted by Gasteiger charge is -2.33. The Balaban J connectivity index is 1.66. The van der Waals surface area contributed by atoms with E-state index in [0.717, 1.165) is 37.7 Å². The van der Waals surface area contributed by atoms with Crippen LogP contribution in [0, 0.1) is 11.8 Å². The topological polar surface area (TPSA) is 62.3 Å². The predicted octanol–water partition coefficient (Wildman–Crippen LogP) is 2.40. The number of hydrogen-bond donors (Lipinski definition) is 1. The van der Waals surface area contributed by atoms with E-state index in [1.165, 1.54) is 25.5 Å². The highest BCUT2D eigenvalue weighted by Crippen LogP contribution is 2.28. The van der Waals surface area contributed by atoms with Gasteiger partial charge in [-0.05, 0) is 49.7 Å². The van der Waals surface area contributed by atoms with Gasteiger partial charge in [0.2, 0.25) is 10.0 Å². The minimum atomic E-state index is -3.41. The zero-order valence-corrected chi connectivity index (χ0v) is 14.0. The predicted molar refractivity (Wildman–Crippen MR) is 87.4 cm³/mol. The molecule has 0 bridgehead atoms. The van der Waals surface area contributed by atoms with Gasteiger partial charge in [-0.2, -0.15) is 0 Å². The second-order valence-electron chi connectivity index (χ2n) is 6.51. The van der Waals surface area contributed by atoms with Crippen molar-refractivity contribution in [2.75, 3.05) is 24.5 Å². The van der Waals surface area contributed by atoms with Crippen molar-refractivity contribution in [3.05, 3.63) is 18.3 Å². The summed E-state index contributed by atoms with van der Waals surface area (Å²) in [6, 6.07) is 3.51. The van der Waals surface area contributed by atoms with Crippen LogP contribution < -0.4 is 9.62 Å². The third-order valence-corrected chi connectivity index (χ3v) is 6.12. The molecule has 22 heavy (non-hydrogen) atoms. The molecular formula is C16H25N3O2S. The molecule has 122 valence electrons. The molecule has 1 N–H and O–H groups in total. The smallest absolute Gasteiger partial charge is 0.242 e. The van der Waals surface area contributed by atoms with Crippen molar-refractivity contribution in [2.24, 2.45) is 11.8 Å². The fourth-order valence-electron chi connectivity index (χ4n) is 2.96. The van der Waals surface area contributed by atoms with E-state index in [2.05, 4.69) is 21.5 Å². The number of rotatable bonds is 6. The molecule has 1 aromatic heterocycles. The van der Waals surface area contributed by atoms with Crippen molar-refractivity contribution in [1.29, 1.82) is 0 Å². The van der Waals surface area contributed by atoms with Crippen molar-refractivity contribution >= 4 is 15.8 Å². The highest BCUT2D eigenvalue weighted by molar-refractivity contribution is 7.89. The number of hydrogen-bond acceptors (Lipinski definition) is 4. The van der Waals surface area contributed by atoms with E-state index in [-0.39, 0.29) is 4.90 Å². The number of nitrogens with one attached hydrogen (secondary N) is 1. The van der Waals surface area contributed by atoms with Crippen molar-refractivity contribution in [3.63, 3.8) is 0 Å². The summed E-state index contributed by atoms with van der Waals surface area (Å²) in [5.41, 5.74) is 0. The number of sulfonamides is 1. The number of aromatic nitrogens is 1. The number of anilines is 1. The maximum atomic E-state index is 12.2. The molecule has 2 fully saturated rings. The van der Waals surface area contributed by atoms with E-state index >= 15 is 0 Å². The Labute approximate surface area is 133 Å². The van der Waals surface area contributed by atoms with E-state index < -0.39 is 10.0 Å². The van der Waals surface area contributed by atoms with Crippen molar-refractivity contribution in [2.45, 2.75) is 43.9 Å². The lowest BCUT2D eigenvalue weighted by molar-refractivity contribution is 0.403. The first-order valence-electron chi connectivity index (χ1n) is 8.29. The normalized spacial score (nSPS) is 22.8. The van der Waals surface area contributed by atoms with Crippen LogP contribution in [-0.4, -0.2) is 33.0 Å². The standard InChI is InChI=1S/C16H25N3O2S/c1-2-13-4-3-9-19(12-13)16-8-7-15(11-17-16)22(20,21)18-10-14-5-6-14/h7-8,11,13-14,18H,2-6,9-10,12H2,1H3. The molecule has 1 atom stereocenters. The lowest BCUT2D eigenvalue weighted by Crippen LogP contribution is -2.35. The first-order valence-corrected chi connectivity index (χ1v) is 9.77. The lowest BCUT2D eigenvalue weighted by atomic mass is 9.96. The van der Waals surface area contributed by atoms with E-state index in [0.29, 0.717) is 12.5 Å². The largest absolute Gasteiger partial charge is 0.356 e. The molecule has 1 saturated carbocycles. The summed E-state index contributed by atoms with van der Waals surface area (Å²) in [7, 11) is -3.41. The molecule has 1 aromatic rings. The molecule has 6 heteroatoms. The summed E-state index contributed by atoms with van der Waals surface area (Å²) < 4.78 is 27.0. The average molecular weight is 323 g/mol. The van der Waals surface area contributed by atoms with Gasteiger partial charge in [-0.25, -0.2) is 18.1 Å². The zero-order valence-electron chi connectivity index (χ0n) is 13.2. The molecule has 2 aliphatic rings. The molecule has 0 amide bonds. The van der Waals surface area contributed by atoms with Gasteiger partial charge in [0.05, 0.1) is 0 Å². The maximum Gasteiger partial charge on any atom is 0.242 e. The maximum absolute atomic E-state index is 12.2. The van der Waals surface area contributed by atoms with Crippen LogP contribution in [0.4, 0.5) is 5.82 Å². The third kappa shape index (κ3) is 3.79. The molecule has 0 aromatic carbocycles. The van der Waals surface area contributed by atoms with Crippen LogP contribution in [0.25, 0.3) is 0 Å². The fourth-order valence-corrected chi connectivity index (χ4v) is 4.02. The number of nitrogens with zero attached hydrogens (tertiary/aromatic N) is 2. The summed E-state index contributed by atoms with van der Waals surface area (Å²) in [5, 5.41) is 0. The summed E-state index contributed by atoms with van der Waals surface area (Å²) in [5.74, 6) is 2.14. The molecule has 1 aliphatic heterocycles. The number of pyridine rings is 1. The second kappa shape index (κ2) is 6.54. The van der Waals surface area contributed by atoms with E-state index in [1.807, 2.05) is 6.07 Å². The van der Waals surface area contributed by atoms with Crippen molar-refractivity contribution < 1.29 is 8.42 Å². The van der Waals surface area contributed by atoms with Crippen LogP contribution in [0.1, 0.15) is 39.0 Å². The van der Waals surface area contributed by atoms with Gasteiger partial charge in [-0.1, -0.05) is 13.3 Å². The molecule has 1 saturated heterocycles. The Kier molecular flexibility index (Phi) is 4.68. The minimum Gasteiger partial charge on any atom is -0.356 e. The van der Waals surface area contributed by atoms with Crippen LogP contribution in [-0.2, 0) is 10.0 Å².